The van der Waals surface area contributed by atoms with Crippen LogP contribution in [0.5, 0.6) is 0 Å². The van der Waals surface area contributed by atoms with Gasteiger partial charge < -0.3 is 14.9 Å². The molecule has 4 aliphatic carbocycles. The molecule has 14 heteroatoms. The van der Waals surface area contributed by atoms with Crippen LogP contribution in [0.15, 0.2) is 11.6 Å². The molecule has 0 aromatic rings. The predicted molar refractivity (Wildman–Crippen MR) is 144 cm³/mol. The molecular formula is C27H40O12S2. The van der Waals surface area contributed by atoms with E-state index in [4.69, 9.17) is 13.1 Å². The Hall–Kier alpha value is -1.71. The lowest BCUT2D eigenvalue weighted by atomic mass is 9.44. The van der Waals surface area contributed by atoms with E-state index in [-0.39, 0.29) is 37.0 Å². The number of esters is 1. The van der Waals surface area contributed by atoms with Crippen LogP contribution in [-0.2, 0) is 47.7 Å². The van der Waals surface area contributed by atoms with E-state index in [1.807, 2.05) is 0 Å². The van der Waals surface area contributed by atoms with Gasteiger partial charge in [0.15, 0.2) is 12.4 Å². The van der Waals surface area contributed by atoms with Crippen molar-refractivity contribution in [2.75, 3.05) is 19.1 Å². The van der Waals surface area contributed by atoms with Crippen LogP contribution in [0.2, 0.25) is 0 Å². The molecule has 12 nitrogen and oxygen atoms in total. The molecule has 232 valence electrons. The van der Waals surface area contributed by atoms with Gasteiger partial charge in [0.2, 0.25) is 5.78 Å². The first kappa shape index (κ1) is 32.2. The minimum Gasteiger partial charge on any atom is -0.458 e. The highest BCUT2D eigenvalue weighted by Crippen LogP contribution is 2.70. The number of ketones is 2. The highest BCUT2D eigenvalue weighted by atomic mass is 32.2. The molecule has 41 heavy (non-hydrogen) atoms. The maximum atomic E-state index is 13.6. The monoisotopic (exact) mass is 620 g/mol. The van der Waals surface area contributed by atoms with Crippen molar-refractivity contribution in [3.8, 4) is 0 Å². The van der Waals surface area contributed by atoms with Gasteiger partial charge in [0.05, 0.1) is 18.6 Å². The standard InChI is InChI=1S/C27H40O12S2/c1-7-15-10-17-21-22(19(30)12-26(17,4)27(15,32)20(31)13-37-14(2)28)25(3)9-8-16(29)11-18(25)23(38-40(5,33)34)24(21)39-41(6,35)36/h11,15,17,19,21-24,30,32H,7-10,12-13H2,1-6H3/t15-,17+,19+,21+,22+,23+,24-,25+,26+,27+/m1/s1. The lowest BCUT2D eigenvalue weighted by molar-refractivity contribution is -0.207. The summed E-state index contributed by atoms with van der Waals surface area (Å²) in [4.78, 5) is 37.6. The zero-order valence-electron chi connectivity index (χ0n) is 24.2. The molecule has 4 rings (SSSR count). The van der Waals surface area contributed by atoms with Gasteiger partial charge in [-0.1, -0.05) is 27.2 Å². The molecule has 0 aromatic heterocycles. The van der Waals surface area contributed by atoms with E-state index in [1.54, 1.807) is 20.8 Å². The van der Waals surface area contributed by atoms with E-state index in [2.05, 4.69) is 0 Å². The van der Waals surface area contributed by atoms with E-state index in [0.29, 0.717) is 6.42 Å². The number of aliphatic hydroxyl groups excluding tert-OH is 1. The van der Waals surface area contributed by atoms with Gasteiger partial charge in [-0.15, -0.1) is 0 Å². The van der Waals surface area contributed by atoms with Crippen molar-refractivity contribution in [3.05, 3.63) is 11.6 Å². The molecule has 0 heterocycles. The molecule has 0 bridgehead atoms. The number of hydrogen-bond donors (Lipinski definition) is 2. The Kier molecular flexibility index (Phi) is 8.23. The third-order valence-corrected chi connectivity index (χ3v) is 11.3. The summed E-state index contributed by atoms with van der Waals surface area (Å²) >= 11 is 0. The third-order valence-electron chi connectivity index (χ3n) is 10.2. The number of carbonyl (C=O) groups is 3. The normalized spacial score (nSPS) is 42.5. The van der Waals surface area contributed by atoms with Gasteiger partial charge in [-0.25, -0.2) is 0 Å². The van der Waals surface area contributed by atoms with Crippen LogP contribution in [0.3, 0.4) is 0 Å². The Morgan fingerprint density at radius 1 is 1.10 bits per heavy atom. The van der Waals surface area contributed by atoms with Gasteiger partial charge in [-0.05, 0) is 60.0 Å². The Morgan fingerprint density at radius 2 is 1.71 bits per heavy atom. The Morgan fingerprint density at radius 3 is 2.24 bits per heavy atom. The predicted octanol–water partition coefficient (Wildman–Crippen LogP) is 0.898. The van der Waals surface area contributed by atoms with Gasteiger partial charge in [0.25, 0.3) is 20.2 Å². The van der Waals surface area contributed by atoms with Crippen LogP contribution < -0.4 is 0 Å². The van der Waals surface area contributed by atoms with Gasteiger partial charge in [0.1, 0.15) is 17.8 Å². The molecule has 0 amide bonds. The van der Waals surface area contributed by atoms with Crippen molar-refractivity contribution in [3.63, 3.8) is 0 Å². The van der Waals surface area contributed by atoms with Gasteiger partial charge in [-0.3, -0.25) is 22.7 Å². The molecule has 3 fully saturated rings. The van der Waals surface area contributed by atoms with Crippen molar-refractivity contribution in [2.45, 2.75) is 83.7 Å². The fourth-order valence-electron chi connectivity index (χ4n) is 8.71. The van der Waals surface area contributed by atoms with Crippen molar-refractivity contribution in [1.82, 2.24) is 0 Å². The highest BCUT2D eigenvalue weighted by Gasteiger charge is 2.74. The number of hydrogen-bond acceptors (Lipinski definition) is 12. The van der Waals surface area contributed by atoms with E-state index in [9.17, 15) is 41.4 Å². The first-order valence-corrected chi connectivity index (χ1v) is 17.4. The lowest BCUT2D eigenvalue weighted by Crippen LogP contribution is -2.68. The average Bonchev–Trinajstić information content (AvgIpc) is 3.05. The summed E-state index contributed by atoms with van der Waals surface area (Å²) in [5.74, 6) is -4.61. The van der Waals surface area contributed by atoms with Crippen LogP contribution >= 0.6 is 0 Å². The zero-order valence-corrected chi connectivity index (χ0v) is 25.8. The molecule has 0 radical (unpaired) electrons. The largest absolute Gasteiger partial charge is 0.458 e. The maximum absolute atomic E-state index is 13.6. The van der Waals surface area contributed by atoms with Crippen LogP contribution in [0.1, 0.15) is 59.8 Å². The van der Waals surface area contributed by atoms with E-state index < -0.39 is 97.0 Å². The average molecular weight is 621 g/mol. The molecule has 4 aliphatic rings. The topological polar surface area (TPSA) is 188 Å². The molecule has 0 unspecified atom stereocenters. The second-order valence-electron chi connectivity index (χ2n) is 12.7. The summed E-state index contributed by atoms with van der Waals surface area (Å²) in [5, 5.41) is 24.0. The van der Waals surface area contributed by atoms with Crippen LogP contribution in [0, 0.1) is 34.5 Å². The molecule has 0 aromatic carbocycles. The molecular weight excluding hydrogens is 580 g/mol. The Bertz CT molecular complexity index is 1370. The molecule has 2 N–H and O–H groups in total. The van der Waals surface area contributed by atoms with Gasteiger partial charge in [0, 0.05) is 18.8 Å². The van der Waals surface area contributed by atoms with Crippen LogP contribution in [-0.4, -0.2) is 87.6 Å². The second-order valence-corrected chi connectivity index (χ2v) is 15.9. The minimum absolute atomic E-state index is 0.0440. The first-order valence-electron chi connectivity index (χ1n) is 13.8. The number of carbonyl (C=O) groups excluding carboxylic acids is 3. The lowest BCUT2D eigenvalue weighted by Gasteiger charge is -2.63. The molecule has 3 saturated carbocycles. The fraction of sp³-hybridized carbons (Fsp3) is 0.815. The van der Waals surface area contributed by atoms with E-state index in [0.717, 1.165) is 19.4 Å². The number of rotatable bonds is 8. The zero-order chi connectivity index (χ0) is 30.9. The Balaban J connectivity index is 1.95. The summed E-state index contributed by atoms with van der Waals surface area (Å²) in [6.07, 6.45) is -0.376. The quantitative estimate of drug-likeness (QED) is 0.289. The SMILES string of the molecule is CC[C@@H]1C[C@H]2[C@@H]3[C@@H](OS(C)(=O)=O)[C@@H](OS(C)(=O)=O)C4=CC(=O)CC[C@]4(C)[C@H]3[C@@H](O)C[C@]2(C)[C@@]1(O)C(=O)COC(C)=O. The summed E-state index contributed by atoms with van der Waals surface area (Å²) in [7, 11) is -8.44. The smallest absolute Gasteiger partial charge is 0.303 e. The number of ether oxygens (including phenoxy) is 1. The van der Waals surface area contributed by atoms with Crippen molar-refractivity contribution in [1.29, 1.82) is 0 Å². The molecule has 0 spiro atoms. The van der Waals surface area contributed by atoms with Crippen molar-refractivity contribution >= 4 is 37.8 Å². The molecule has 10 atom stereocenters. The van der Waals surface area contributed by atoms with Gasteiger partial charge in [-0.2, -0.15) is 16.8 Å². The molecule has 0 aliphatic heterocycles. The van der Waals surface area contributed by atoms with Crippen molar-refractivity contribution < 1.29 is 54.5 Å². The minimum atomic E-state index is -4.24. The first-order chi connectivity index (χ1) is 18.7. The van der Waals surface area contributed by atoms with E-state index >= 15 is 0 Å². The second kappa shape index (κ2) is 10.5. The van der Waals surface area contributed by atoms with Crippen LogP contribution in [0.4, 0.5) is 0 Å². The van der Waals surface area contributed by atoms with Crippen molar-refractivity contribution in [2.24, 2.45) is 34.5 Å². The van der Waals surface area contributed by atoms with E-state index in [1.165, 1.54) is 6.08 Å². The highest BCUT2D eigenvalue weighted by molar-refractivity contribution is 7.86. The fourth-order valence-corrected chi connectivity index (χ4v) is 9.93. The summed E-state index contributed by atoms with van der Waals surface area (Å²) < 4.78 is 66.3. The number of fused-ring (bicyclic) bond motifs is 5. The summed E-state index contributed by atoms with van der Waals surface area (Å²) in [6, 6.07) is 0. The number of aliphatic hydroxyl groups is 2. The third kappa shape index (κ3) is 5.33. The maximum Gasteiger partial charge on any atom is 0.303 e. The Labute approximate surface area is 241 Å². The number of Topliss-reactive ketones (excluding diaryl/α,β-unsaturated/α-hetero) is 1. The summed E-state index contributed by atoms with van der Waals surface area (Å²) in [6.45, 7) is 5.71. The van der Waals surface area contributed by atoms with Crippen LogP contribution in [0.25, 0.3) is 0 Å². The molecule has 0 saturated heterocycles. The summed E-state index contributed by atoms with van der Waals surface area (Å²) in [5.41, 5.74) is -4.11. The van der Waals surface area contributed by atoms with Gasteiger partial charge >= 0.3 is 5.97 Å².